The Bertz CT molecular complexity index is 563. The molecule has 2 amide bonds. The van der Waals surface area contributed by atoms with Crippen LogP contribution in [-0.2, 0) is 4.79 Å². The van der Waals surface area contributed by atoms with Crippen LogP contribution in [0, 0.1) is 0 Å². The van der Waals surface area contributed by atoms with E-state index in [1.165, 1.54) is 12.5 Å². The molecule has 118 valence electrons. The highest BCUT2D eigenvalue weighted by Gasteiger charge is 2.18. The Hall–Kier alpha value is -2.30. The number of hydrogen-bond acceptors (Lipinski definition) is 3. The molecule has 1 fully saturated rings. The molecule has 0 unspecified atom stereocenters. The number of carbonyl (C=O) groups is 2. The highest BCUT2D eigenvalue weighted by atomic mass is 16.5. The van der Waals surface area contributed by atoms with Gasteiger partial charge in [0.1, 0.15) is 5.75 Å². The van der Waals surface area contributed by atoms with Crippen molar-refractivity contribution in [1.82, 2.24) is 5.32 Å². The quantitative estimate of drug-likeness (QED) is 0.822. The third-order valence-electron chi connectivity index (χ3n) is 3.76. The van der Waals surface area contributed by atoms with Crippen LogP contribution in [0.15, 0.2) is 30.9 Å². The summed E-state index contributed by atoms with van der Waals surface area (Å²) in [6, 6.07) is 5.05. The minimum atomic E-state index is -0.331. The highest BCUT2D eigenvalue weighted by Crippen LogP contribution is 2.30. The zero-order chi connectivity index (χ0) is 15.9. The summed E-state index contributed by atoms with van der Waals surface area (Å²) in [7, 11) is 1.57. The Kier molecular flexibility index (Phi) is 5.58. The van der Waals surface area contributed by atoms with Crippen molar-refractivity contribution in [3.05, 3.63) is 36.4 Å². The number of ether oxygens (including phenoxy) is 1. The number of anilines is 1. The fourth-order valence-electron chi connectivity index (χ4n) is 2.56. The van der Waals surface area contributed by atoms with Gasteiger partial charge in [0, 0.05) is 12.6 Å². The van der Waals surface area contributed by atoms with Crippen molar-refractivity contribution < 1.29 is 14.3 Å². The molecule has 0 saturated heterocycles. The van der Waals surface area contributed by atoms with Gasteiger partial charge >= 0.3 is 0 Å². The summed E-state index contributed by atoms with van der Waals surface area (Å²) in [5.74, 6) is 0.0515. The van der Waals surface area contributed by atoms with Crippen LogP contribution in [0.1, 0.15) is 42.5 Å². The zero-order valence-corrected chi connectivity index (χ0v) is 12.9. The van der Waals surface area contributed by atoms with Crippen LogP contribution >= 0.6 is 0 Å². The maximum absolute atomic E-state index is 11.7. The maximum atomic E-state index is 11.7. The van der Waals surface area contributed by atoms with Crippen LogP contribution in [0.4, 0.5) is 5.69 Å². The second kappa shape index (κ2) is 7.64. The number of benzene rings is 1. The van der Waals surface area contributed by atoms with E-state index in [9.17, 15) is 9.59 Å². The number of carbonyl (C=O) groups excluding carboxylic acids is 2. The first kappa shape index (κ1) is 16.1. The van der Waals surface area contributed by atoms with Crippen LogP contribution in [0.3, 0.4) is 0 Å². The predicted octanol–water partition coefficient (Wildman–Crippen LogP) is 2.88. The topological polar surface area (TPSA) is 67.4 Å². The van der Waals surface area contributed by atoms with Crippen molar-refractivity contribution in [1.29, 1.82) is 0 Å². The molecule has 1 aliphatic carbocycles. The second-order valence-corrected chi connectivity index (χ2v) is 5.36. The zero-order valence-electron chi connectivity index (χ0n) is 12.9. The molecule has 0 heterocycles. The molecule has 1 saturated carbocycles. The van der Waals surface area contributed by atoms with Gasteiger partial charge in [0.2, 0.25) is 5.91 Å². The first-order valence-corrected chi connectivity index (χ1v) is 7.60. The second-order valence-electron chi connectivity index (χ2n) is 5.36. The first-order valence-electron chi connectivity index (χ1n) is 7.60. The molecule has 2 rings (SSSR count). The predicted molar refractivity (Wildman–Crippen MR) is 86.2 cm³/mol. The fraction of sp³-hybridized carbons (Fsp3) is 0.412. The van der Waals surface area contributed by atoms with E-state index in [1.54, 1.807) is 25.2 Å². The molecular formula is C17H22N2O3. The van der Waals surface area contributed by atoms with Crippen LogP contribution in [-0.4, -0.2) is 25.0 Å². The van der Waals surface area contributed by atoms with E-state index < -0.39 is 0 Å². The molecule has 0 aliphatic heterocycles. The average molecular weight is 302 g/mol. The van der Waals surface area contributed by atoms with Gasteiger partial charge < -0.3 is 15.4 Å². The highest BCUT2D eigenvalue weighted by molar-refractivity contribution is 6.02. The third kappa shape index (κ3) is 4.10. The standard InChI is InChI=1S/C17H22N2O3/c1-3-16(20)19-14-11-12(17(21)18-2)9-10-15(14)22-13-7-5-4-6-8-13/h3,9-11,13H,1,4-8H2,2H3,(H,18,21)(H,19,20). The van der Waals surface area contributed by atoms with Gasteiger partial charge in [-0.05, 0) is 50.0 Å². The molecule has 5 heteroatoms. The van der Waals surface area contributed by atoms with E-state index in [-0.39, 0.29) is 17.9 Å². The van der Waals surface area contributed by atoms with Gasteiger partial charge in [-0.2, -0.15) is 0 Å². The Balaban J connectivity index is 2.23. The fourth-order valence-corrected chi connectivity index (χ4v) is 2.56. The molecule has 0 aromatic heterocycles. The molecule has 5 nitrogen and oxygen atoms in total. The Morgan fingerprint density at radius 2 is 2.00 bits per heavy atom. The SMILES string of the molecule is C=CC(=O)Nc1cc(C(=O)NC)ccc1OC1CCCCC1. The molecule has 1 aliphatic rings. The molecule has 1 aromatic carbocycles. The van der Waals surface area contributed by atoms with Crippen molar-refractivity contribution in [2.24, 2.45) is 0 Å². The van der Waals surface area contributed by atoms with Crippen LogP contribution in [0.25, 0.3) is 0 Å². The van der Waals surface area contributed by atoms with Crippen molar-refractivity contribution in [2.45, 2.75) is 38.2 Å². The van der Waals surface area contributed by atoms with Crippen molar-refractivity contribution in [2.75, 3.05) is 12.4 Å². The van der Waals surface area contributed by atoms with Crippen LogP contribution in [0.5, 0.6) is 5.75 Å². The summed E-state index contributed by atoms with van der Waals surface area (Å²) < 4.78 is 6.02. The van der Waals surface area contributed by atoms with Crippen molar-refractivity contribution in [3.63, 3.8) is 0 Å². The maximum Gasteiger partial charge on any atom is 0.251 e. The van der Waals surface area contributed by atoms with E-state index >= 15 is 0 Å². The van der Waals surface area contributed by atoms with Gasteiger partial charge in [-0.3, -0.25) is 9.59 Å². The van der Waals surface area contributed by atoms with Gasteiger partial charge in [0.15, 0.2) is 0 Å². The lowest BCUT2D eigenvalue weighted by molar-refractivity contribution is -0.111. The van der Waals surface area contributed by atoms with E-state index in [2.05, 4.69) is 17.2 Å². The summed E-state index contributed by atoms with van der Waals surface area (Å²) >= 11 is 0. The molecule has 22 heavy (non-hydrogen) atoms. The largest absolute Gasteiger partial charge is 0.488 e. The summed E-state index contributed by atoms with van der Waals surface area (Å²) in [5, 5.41) is 5.27. The lowest BCUT2D eigenvalue weighted by atomic mass is 9.98. The Morgan fingerprint density at radius 1 is 1.27 bits per heavy atom. The Labute approximate surface area is 130 Å². The van der Waals surface area contributed by atoms with Crippen LogP contribution in [0.2, 0.25) is 0 Å². The van der Waals surface area contributed by atoms with E-state index in [1.807, 2.05) is 0 Å². The van der Waals surface area contributed by atoms with E-state index in [0.717, 1.165) is 25.7 Å². The normalized spacial score (nSPS) is 15.0. The lowest BCUT2D eigenvalue weighted by Crippen LogP contribution is -2.22. The molecule has 0 atom stereocenters. The van der Waals surface area contributed by atoms with Gasteiger partial charge in [-0.1, -0.05) is 13.0 Å². The number of amides is 2. The summed E-state index contributed by atoms with van der Waals surface area (Å²) in [5.41, 5.74) is 0.967. The minimum Gasteiger partial charge on any atom is -0.488 e. The number of rotatable bonds is 5. The first-order chi connectivity index (χ1) is 10.6. The summed E-state index contributed by atoms with van der Waals surface area (Å²) in [6.07, 6.45) is 6.97. The van der Waals surface area contributed by atoms with Gasteiger partial charge in [-0.25, -0.2) is 0 Å². The number of hydrogen-bond donors (Lipinski definition) is 2. The van der Waals surface area contributed by atoms with Gasteiger partial charge in [0.05, 0.1) is 11.8 Å². The minimum absolute atomic E-state index is 0.166. The van der Waals surface area contributed by atoms with Crippen molar-refractivity contribution >= 4 is 17.5 Å². The van der Waals surface area contributed by atoms with Crippen molar-refractivity contribution in [3.8, 4) is 5.75 Å². The molecule has 2 N–H and O–H groups in total. The Morgan fingerprint density at radius 3 is 2.64 bits per heavy atom. The molecular weight excluding hydrogens is 280 g/mol. The van der Waals surface area contributed by atoms with E-state index in [4.69, 9.17) is 4.74 Å². The average Bonchev–Trinajstić information content (AvgIpc) is 2.56. The van der Waals surface area contributed by atoms with Gasteiger partial charge in [0.25, 0.3) is 5.91 Å². The van der Waals surface area contributed by atoms with E-state index in [0.29, 0.717) is 17.0 Å². The van der Waals surface area contributed by atoms with Crippen LogP contribution < -0.4 is 15.4 Å². The molecule has 1 aromatic rings. The third-order valence-corrected chi connectivity index (χ3v) is 3.76. The van der Waals surface area contributed by atoms with Gasteiger partial charge in [-0.15, -0.1) is 0 Å². The molecule has 0 bridgehead atoms. The molecule has 0 spiro atoms. The molecule has 0 radical (unpaired) electrons. The number of nitrogens with one attached hydrogen (secondary N) is 2. The summed E-state index contributed by atoms with van der Waals surface area (Å²) in [4.78, 5) is 23.3. The smallest absolute Gasteiger partial charge is 0.251 e. The summed E-state index contributed by atoms with van der Waals surface area (Å²) in [6.45, 7) is 3.44. The lowest BCUT2D eigenvalue weighted by Gasteiger charge is -2.24. The monoisotopic (exact) mass is 302 g/mol.